The van der Waals surface area contributed by atoms with Gasteiger partial charge in [0.25, 0.3) is 5.91 Å². The van der Waals surface area contributed by atoms with E-state index < -0.39 is 12.0 Å². The van der Waals surface area contributed by atoms with Crippen LogP contribution in [0, 0.1) is 0 Å². The summed E-state index contributed by atoms with van der Waals surface area (Å²) in [5.41, 5.74) is 11.6. The monoisotopic (exact) mass is 299 g/mol. The molecule has 0 spiro atoms. The normalized spacial score (nSPS) is 21.1. The van der Waals surface area contributed by atoms with Gasteiger partial charge in [-0.1, -0.05) is 0 Å². The summed E-state index contributed by atoms with van der Waals surface area (Å²) >= 11 is 0. The Bertz CT molecular complexity index is 478. The predicted octanol–water partition coefficient (Wildman–Crippen LogP) is 0.652. The third-order valence-corrected chi connectivity index (χ3v) is 3.10. The zero-order chi connectivity index (χ0) is 13.8. The molecule has 20 heavy (non-hydrogen) atoms. The molecular formula is C13H18ClN3O3. The predicted molar refractivity (Wildman–Crippen MR) is 77.8 cm³/mol. The highest BCUT2D eigenvalue weighted by Crippen LogP contribution is 2.20. The number of anilines is 1. The SMILES string of the molecule is Cl.NC[C@H]1CC[C@@H](C(=O)Nc2ccc(C(N)=O)cc2)O1. The summed E-state index contributed by atoms with van der Waals surface area (Å²) in [5, 5.41) is 2.74. The van der Waals surface area contributed by atoms with Crippen LogP contribution in [0.5, 0.6) is 0 Å². The number of hydrogen-bond acceptors (Lipinski definition) is 4. The number of nitrogens with one attached hydrogen (secondary N) is 1. The van der Waals surface area contributed by atoms with Crippen LogP contribution in [0.25, 0.3) is 0 Å². The lowest BCUT2D eigenvalue weighted by atomic mass is 10.1. The number of ether oxygens (including phenoxy) is 1. The summed E-state index contributed by atoms with van der Waals surface area (Å²) in [6.07, 6.45) is 0.986. The van der Waals surface area contributed by atoms with Gasteiger partial charge in [0.15, 0.2) is 0 Å². The van der Waals surface area contributed by atoms with Crippen molar-refractivity contribution in [1.29, 1.82) is 0 Å². The maximum atomic E-state index is 11.9. The molecule has 1 aromatic carbocycles. The van der Waals surface area contributed by atoms with Gasteiger partial charge in [-0.25, -0.2) is 0 Å². The molecule has 2 amide bonds. The minimum absolute atomic E-state index is 0. The molecule has 0 saturated carbocycles. The van der Waals surface area contributed by atoms with E-state index in [0.717, 1.165) is 6.42 Å². The van der Waals surface area contributed by atoms with E-state index in [9.17, 15) is 9.59 Å². The van der Waals surface area contributed by atoms with Crippen molar-refractivity contribution in [2.45, 2.75) is 25.0 Å². The maximum absolute atomic E-state index is 11.9. The molecule has 1 aliphatic heterocycles. The first kappa shape index (κ1) is 16.4. The van der Waals surface area contributed by atoms with Crippen LogP contribution in [-0.4, -0.2) is 30.6 Å². The Morgan fingerprint density at radius 2 is 1.90 bits per heavy atom. The van der Waals surface area contributed by atoms with Crippen molar-refractivity contribution in [1.82, 2.24) is 0 Å². The molecule has 0 aliphatic carbocycles. The Morgan fingerprint density at radius 3 is 2.40 bits per heavy atom. The lowest BCUT2D eigenvalue weighted by Gasteiger charge is -2.12. The van der Waals surface area contributed by atoms with E-state index >= 15 is 0 Å². The number of carbonyl (C=O) groups is 2. The van der Waals surface area contributed by atoms with Crippen molar-refractivity contribution < 1.29 is 14.3 Å². The van der Waals surface area contributed by atoms with Crippen molar-refractivity contribution in [2.24, 2.45) is 11.5 Å². The minimum Gasteiger partial charge on any atom is -0.366 e. The molecule has 0 radical (unpaired) electrons. The molecule has 6 nitrogen and oxygen atoms in total. The summed E-state index contributed by atoms with van der Waals surface area (Å²) in [6, 6.07) is 6.40. The van der Waals surface area contributed by atoms with Gasteiger partial charge >= 0.3 is 0 Å². The Balaban J connectivity index is 0.00000200. The van der Waals surface area contributed by atoms with Crippen LogP contribution in [0.4, 0.5) is 5.69 Å². The second kappa shape index (κ2) is 7.23. The van der Waals surface area contributed by atoms with Crippen molar-refractivity contribution >= 4 is 29.9 Å². The van der Waals surface area contributed by atoms with Gasteiger partial charge in [0.2, 0.25) is 5.91 Å². The van der Waals surface area contributed by atoms with Crippen LogP contribution < -0.4 is 16.8 Å². The molecule has 7 heteroatoms. The summed E-state index contributed by atoms with van der Waals surface area (Å²) in [4.78, 5) is 22.8. The van der Waals surface area contributed by atoms with E-state index in [1.807, 2.05) is 0 Å². The number of rotatable bonds is 4. The molecule has 2 rings (SSSR count). The molecule has 5 N–H and O–H groups in total. The van der Waals surface area contributed by atoms with Gasteiger partial charge in [0.05, 0.1) is 6.10 Å². The zero-order valence-corrected chi connectivity index (χ0v) is 11.7. The molecule has 1 fully saturated rings. The number of carbonyl (C=O) groups excluding carboxylic acids is 2. The molecule has 1 saturated heterocycles. The first-order valence-corrected chi connectivity index (χ1v) is 6.16. The maximum Gasteiger partial charge on any atom is 0.253 e. The lowest BCUT2D eigenvalue weighted by Crippen LogP contribution is -2.29. The van der Waals surface area contributed by atoms with Gasteiger partial charge in [-0.3, -0.25) is 9.59 Å². The van der Waals surface area contributed by atoms with Gasteiger partial charge in [-0.05, 0) is 37.1 Å². The number of hydrogen-bond donors (Lipinski definition) is 3. The van der Waals surface area contributed by atoms with E-state index in [-0.39, 0.29) is 24.4 Å². The van der Waals surface area contributed by atoms with Crippen LogP contribution in [0.2, 0.25) is 0 Å². The first-order valence-electron chi connectivity index (χ1n) is 6.16. The average Bonchev–Trinajstić information content (AvgIpc) is 2.88. The highest BCUT2D eigenvalue weighted by molar-refractivity contribution is 5.96. The average molecular weight is 300 g/mol. The molecule has 1 aliphatic rings. The number of amides is 2. The molecule has 0 unspecified atom stereocenters. The standard InChI is InChI=1S/C13H17N3O3.ClH/c14-7-10-5-6-11(19-10)13(18)16-9-3-1-8(2-4-9)12(15)17;/h1-4,10-11H,5-7,14H2,(H2,15,17)(H,16,18);1H/t10-,11+;/m1./s1. The second-order valence-electron chi connectivity index (χ2n) is 4.49. The number of nitrogens with two attached hydrogens (primary N) is 2. The van der Waals surface area contributed by atoms with Gasteiger partial charge in [-0.2, -0.15) is 0 Å². The minimum atomic E-state index is -0.497. The van der Waals surface area contributed by atoms with E-state index in [1.54, 1.807) is 24.3 Å². The fraction of sp³-hybridized carbons (Fsp3) is 0.385. The van der Waals surface area contributed by atoms with E-state index in [0.29, 0.717) is 24.2 Å². The first-order chi connectivity index (χ1) is 9.10. The molecule has 0 bridgehead atoms. The van der Waals surface area contributed by atoms with Crippen LogP contribution in [0.15, 0.2) is 24.3 Å². The highest BCUT2D eigenvalue weighted by atomic mass is 35.5. The number of halogens is 1. The topological polar surface area (TPSA) is 107 Å². The van der Waals surface area contributed by atoms with E-state index in [1.165, 1.54) is 0 Å². The zero-order valence-electron chi connectivity index (χ0n) is 10.9. The molecule has 1 aromatic rings. The summed E-state index contributed by atoms with van der Waals surface area (Å²) < 4.78 is 5.50. The summed E-state index contributed by atoms with van der Waals surface area (Å²) in [6.45, 7) is 0.428. The van der Waals surface area contributed by atoms with E-state index in [2.05, 4.69) is 5.32 Å². The second-order valence-corrected chi connectivity index (χ2v) is 4.49. The third kappa shape index (κ3) is 3.93. The summed E-state index contributed by atoms with van der Waals surface area (Å²) in [7, 11) is 0. The molecule has 0 aromatic heterocycles. The van der Waals surface area contributed by atoms with Crippen molar-refractivity contribution in [3.63, 3.8) is 0 Å². The Labute approximate surface area is 123 Å². The molecular weight excluding hydrogens is 282 g/mol. The fourth-order valence-electron chi connectivity index (χ4n) is 2.01. The van der Waals surface area contributed by atoms with Gasteiger partial charge in [-0.15, -0.1) is 12.4 Å². The molecule has 2 atom stereocenters. The Kier molecular flexibility index (Phi) is 5.94. The van der Waals surface area contributed by atoms with Gasteiger partial charge < -0.3 is 21.5 Å². The van der Waals surface area contributed by atoms with Crippen molar-refractivity contribution in [3.05, 3.63) is 29.8 Å². The fourth-order valence-corrected chi connectivity index (χ4v) is 2.01. The Morgan fingerprint density at radius 1 is 1.25 bits per heavy atom. The molecule has 110 valence electrons. The van der Waals surface area contributed by atoms with Crippen LogP contribution in [0.1, 0.15) is 23.2 Å². The Hall–Kier alpha value is -1.63. The van der Waals surface area contributed by atoms with Gasteiger partial charge in [0.1, 0.15) is 6.10 Å². The van der Waals surface area contributed by atoms with Crippen LogP contribution >= 0.6 is 12.4 Å². The highest BCUT2D eigenvalue weighted by Gasteiger charge is 2.29. The van der Waals surface area contributed by atoms with Crippen LogP contribution in [0.3, 0.4) is 0 Å². The number of benzene rings is 1. The quantitative estimate of drug-likeness (QED) is 0.758. The van der Waals surface area contributed by atoms with Gasteiger partial charge in [0, 0.05) is 17.8 Å². The third-order valence-electron chi connectivity index (χ3n) is 3.10. The summed E-state index contributed by atoms with van der Waals surface area (Å²) in [5.74, 6) is -0.689. The van der Waals surface area contributed by atoms with Crippen LogP contribution in [-0.2, 0) is 9.53 Å². The molecule has 1 heterocycles. The lowest BCUT2D eigenvalue weighted by molar-refractivity contribution is -0.126. The van der Waals surface area contributed by atoms with Crippen molar-refractivity contribution in [2.75, 3.05) is 11.9 Å². The largest absolute Gasteiger partial charge is 0.366 e. The van der Waals surface area contributed by atoms with E-state index in [4.69, 9.17) is 16.2 Å². The number of primary amides is 1. The van der Waals surface area contributed by atoms with Crippen molar-refractivity contribution in [3.8, 4) is 0 Å². The smallest absolute Gasteiger partial charge is 0.253 e.